The van der Waals surface area contributed by atoms with E-state index >= 15 is 0 Å². The molecule has 136 valence electrons. The Bertz CT molecular complexity index is 902. The minimum absolute atomic E-state index is 0.219. The summed E-state index contributed by atoms with van der Waals surface area (Å²) in [4.78, 5) is 7.29. The zero-order chi connectivity index (χ0) is 18.4. The van der Waals surface area contributed by atoms with Crippen LogP contribution in [0, 0.1) is 11.6 Å². The predicted molar refractivity (Wildman–Crippen MR) is 101 cm³/mol. The van der Waals surface area contributed by atoms with Gasteiger partial charge in [0.1, 0.15) is 11.6 Å². The third-order valence-electron chi connectivity index (χ3n) is 4.24. The maximum absolute atomic E-state index is 13.2. The van der Waals surface area contributed by atoms with Gasteiger partial charge in [0.25, 0.3) is 0 Å². The predicted octanol–water partition coefficient (Wildman–Crippen LogP) is 3.40. The quantitative estimate of drug-likeness (QED) is 0.468. The summed E-state index contributed by atoms with van der Waals surface area (Å²) in [6.45, 7) is 1.36. The molecule has 0 aliphatic rings. The zero-order valence-corrected chi connectivity index (χ0v) is 14.7. The van der Waals surface area contributed by atoms with Crippen molar-refractivity contribution in [1.82, 2.24) is 15.6 Å². The van der Waals surface area contributed by atoms with Gasteiger partial charge >= 0.3 is 0 Å². The molecule has 2 aromatic carbocycles. The first-order valence-corrected chi connectivity index (χ1v) is 8.60. The molecule has 0 spiro atoms. The maximum Gasteiger partial charge on any atom is 0.190 e. The van der Waals surface area contributed by atoms with Gasteiger partial charge < -0.3 is 15.6 Å². The van der Waals surface area contributed by atoms with Crippen LogP contribution in [0.25, 0.3) is 10.9 Å². The van der Waals surface area contributed by atoms with Crippen LogP contribution in [0.15, 0.2) is 53.7 Å². The van der Waals surface area contributed by atoms with Gasteiger partial charge in [-0.1, -0.05) is 12.1 Å². The van der Waals surface area contributed by atoms with Crippen LogP contribution in [-0.2, 0) is 12.8 Å². The topological polar surface area (TPSA) is 52.2 Å². The van der Waals surface area contributed by atoms with Crippen molar-refractivity contribution >= 4 is 16.9 Å². The highest BCUT2D eigenvalue weighted by atomic mass is 19.1. The SMILES string of the molecule is CN=C(NCCc1cccc(F)c1)NCCc1c[nH]c2cc(F)ccc12. The third-order valence-corrected chi connectivity index (χ3v) is 4.24. The summed E-state index contributed by atoms with van der Waals surface area (Å²) >= 11 is 0. The zero-order valence-electron chi connectivity index (χ0n) is 14.7. The number of hydrogen-bond acceptors (Lipinski definition) is 1. The minimum Gasteiger partial charge on any atom is -0.361 e. The molecule has 6 heteroatoms. The van der Waals surface area contributed by atoms with E-state index in [9.17, 15) is 8.78 Å². The summed E-state index contributed by atoms with van der Waals surface area (Å²) < 4.78 is 26.4. The normalized spacial score (nSPS) is 11.7. The van der Waals surface area contributed by atoms with Crippen LogP contribution in [0.5, 0.6) is 0 Å². The second-order valence-corrected chi connectivity index (χ2v) is 6.06. The lowest BCUT2D eigenvalue weighted by Crippen LogP contribution is -2.39. The summed E-state index contributed by atoms with van der Waals surface area (Å²) in [5, 5.41) is 7.51. The van der Waals surface area contributed by atoms with E-state index in [1.165, 1.54) is 24.3 Å². The number of rotatable bonds is 6. The van der Waals surface area contributed by atoms with Gasteiger partial charge in [-0.05, 0) is 54.3 Å². The Morgan fingerprint density at radius 3 is 2.54 bits per heavy atom. The van der Waals surface area contributed by atoms with Crippen molar-refractivity contribution in [3.8, 4) is 0 Å². The van der Waals surface area contributed by atoms with Gasteiger partial charge in [-0.15, -0.1) is 0 Å². The van der Waals surface area contributed by atoms with E-state index < -0.39 is 0 Å². The van der Waals surface area contributed by atoms with Crippen molar-refractivity contribution in [3.63, 3.8) is 0 Å². The van der Waals surface area contributed by atoms with Gasteiger partial charge in [-0.2, -0.15) is 0 Å². The van der Waals surface area contributed by atoms with Gasteiger partial charge in [0, 0.05) is 37.2 Å². The van der Waals surface area contributed by atoms with E-state index in [0.29, 0.717) is 25.5 Å². The number of guanidine groups is 1. The van der Waals surface area contributed by atoms with Crippen LogP contribution < -0.4 is 10.6 Å². The highest BCUT2D eigenvalue weighted by Gasteiger charge is 2.05. The maximum atomic E-state index is 13.2. The summed E-state index contributed by atoms with van der Waals surface area (Å²) in [6.07, 6.45) is 3.41. The van der Waals surface area contributed by atoms with Gasteiger partial charge in [0.05, 0.1) is 0 Å². The van der Waals surface area contributed by atoms with Crippen LogP contribution in [0.3, 0.4) is 0 Å². The average molecular weight is 356 g/mol. The van der Waals surface area contributed by atoms with Crippen molar-refractivity contribution in [2.45, 2.75) is 12.8 Å². The van der Waals surface area contributed by atoms with Crippen LogP contribution in [-0.4, -0.2) is 31.1 Å². The van der Waals surface area contributed by atoms with E-state index in [1.807, 2.05) is 12.3 Å². The lowest BCUT2D eigenvalue weighted by Gasteiger charge is -2.11. The molecule has 0 amide bonds. The highest BCUT2D eigenvalue weighted by molar-refractivity contribution is 5.83. The summed E-state index contributed by atoms with van der Waals surface area (Å²) in [6, 6.07) is 11.4. The fraction of sp³-hybridized carbons (Fsp3) is 0.250. The van der Waals surface area contributed by atoms with Gasteiger partial charge in [-0.25, -0.2) is 8.78 Å². The number of H-pyrrole nitrogens is 1. The Kier molecular flexibility index (Phi) is 5.84. The molecule has 0 fully saturated rings. The fourth-order valence-electron chi connectivity index (χ4n) is 2.92. The van der Waals surface area contributed by atoms with E-state index in [-0.39, 0.29) is 11.6 Å². The Balaban J connectivity index is 1.46. The highest BCUT2D eigenvalue weighted by Crippen LogP contribution is 2.19. The second-order valence-electron chi connectivity index (χ2n) is 6.06. The molecule has 0 unspecified atom stereocenters. The largest absolute Gasteiger partial charge is 0.361 e. The number of hydrogen-bond donors (Lipinski definition) is 3. The molecule has 1 aromatic heterocycles. The minimum atomic E-state index is -0.244. The van der Waals surface area contributed by atoms with Crippen molar-refractivity contribution in [1.29, 1.82) is 0 Å². The van der Waals surface area contributed by atoms with Crippen molar-refractivity contribution < 1.29 is 8.78 Å². The van der Waals surface area contributed by atoms with Crippen molar-refractivity contribution in [3.05, 3.63) is 71.4 Å². The summed E-state index contributed by atoms with van der Waals surface area (Å²) in [7, 11) is 1.71. The number of nitrogens with zero attached hydrogens (tertiary/aromatic N) is 1. The first kappa shape index (κ1) is 17.9. The Morgan fingerprint density at radius 1 is 1.00 bits per heavy atom. The lowest BCUT2D eigenvalue weighted by atomic mass is 10.1. The average Bonchev–Trinajstić information content (AvgIpc) is 3.02. The third kappa shape index (κ3) is 4.59. The molecule has 0 radical (unpaired) electrons. The van der Waals surface area contributed by atoms with Gasteiger partial charge in [0.15, 0.2) is 5.96 Å². The molecule has 0 atom stereocenters. The Morgan fingerprint density at radius 2 is 1.77 bits per heavy atom. The molecule has 0 saturated carbocycles. The molecule has 0 saturated heterocycles. The number of benzene rings is 2. The number of aromatic amines is 1. The van der Waals surface area contributed by atoms with Crippen molar-refractivity contribution in [2.75, 3.05) is 20.1 Å². The monoisotopic (exact) mass is 356 g/mol. The second kappa shape index (κ2) is 8.47. The Hall–Kier alpha value is -2.89. The van der Waals surface area contributed by atoms with Crippen LogP contribution >= 0.6 is 0 Å². The van der Waals surface area contributed by atoms with E-state index in [1.54, 1.807) is 19.2 Å². The molecule has 0 aliphatic heterocycles. The number of aliphatic imine (C=N–C) groups is 1. The van der Waals surface area contributed by atoms with Gasteiger partial charge in [0.2, 0.25) is 0 Å². The summed E-state index contributed by atoms with van der Waals surface area (Å²) in [5.41, 5.74) is 2.87. The molecular formula is C20H22F2N4. The van der Waals surface area contributed by atoms with Gasteiger partial charge in [-0.3, -0.25) is 4.99 Å². The molecular weight excluding hydrogens is 334 g/mol. The molecule has 0 bridgehead atoms. The van der Waals surface area contributed by atoms with Crippen LogP contribution in [0.1, 0.15) is 11.1 Å². The lowest BCUT2D eigenvalue weighted by molar-refractivity contribution is 0.625. The van der Waals surface area contributed by atoms with Crippen molar-refractivity contribution in [2.24, 2.45) is 4.99 Å². The number of fused-ring (bicyclic) bond motifs is 1. The molecule has 3 rings (SSSR count). The number of nitrogens with one attached hydrogen (secondary N) is 3. The number of halogens is 2. The van der Waals surface area contributed by atoms with E-state index in [4.69, 9.17) is 0 Å². The first-order valence-electron chi connectivity index (χ1n) is 8.60. The molecule has 3 N–H and O–H groups in total. The van der Waals surface area contributed by atoms with E-state index in [2.05, 4.69) is 20.6 Å². The van der Waals surface area contributed by atoms with Crippen LogP contribution in [0.4, 0.5) is 8.78 Å². The Labute approximate surface area is 151 Å². The molecule has 4 nitrogen and oxygen atoms in total. The van der Waals surface area contributed by atoms with Crippen LogP contribution in [0.2, 0.25) is 0 Å². The molecule has 0 aliphatic carbocycles. The molecule has 3 aromatic rings. The molecule has 1 heterocycles. The van der Waals surface area contributed by atoms with E-state index in [0.717, 1.165) is 28.5 Å². The molecule has 26 heavy (non-hydrogen) atoms. The smallest absolute Gasteiger partial charge is 0.190 e. The standard InChI is InChI=1S/C20H22F2N4/c1-23-20(24-9-7-14-3-2-4-16(21)11-14)25-10-8-15-13-26-19-12-17(22)5-6-18(15)19/h2-6,11-13,26H,7-10H2,1H3,(H2,23,24,25). The fourth-order valence-corrected chi connectivity index (χ4v) is 2.92. The first-order chi connectivity index (χ1) is 12.7. The summed E-state index contributed by atoms with van der Waals surface area (Å²) in [5.74, 6) is 0.239. The number of aromatic nitrogens is 1.